The van der Waals surface area contributed by atoms with Gasteiger partial charge in [-0.2, -0.15) is 0 Å². The molecule has 0 saturated carbocycles. The van der Waals surface area contributed by atoms with E-state index in [1.807, 2.05) is 0 Å². The van der Waals surface area contributed by atoms with Gasteiger partial charge in [-0.3, -0.25) is 14.4 Å². The molecule has 1 heterocycles. The van der Waals surface area contributed by atoms with Crippen LogP contribution in [0.2, 0.25) is 0 Å². The Morgan fingerprint density at radius 3 is 2.68 bits per heavy atom. The van der Waals surface area contributed by atoms with Crippen LogP contribution in [0.25, 0.3) is 0 Å². The molecule has 1 aliphatic rings. The van der Waals surface area contributed by atoms with Crippen molar-refractivity contribution in [2.24, 2.45) is 0 Å². The minimum atomic E-state index is -1.19. The number of anilines is 1. The summed E-state index contributed by atoms with van der Waals surface area (Å²) in [6.07, 6.45) is -0.400. The molecule has 3 rings (SSSR count). The van der Waals surface area contributed by atoms with Crippen LogP contribution in [0, 0.1) is 11.6 Å². The van der Waals surface area contributed by atoms with Crippen LogP contribution >= 0.6 is 0 Å². The quantitative estimate of drug-likeness (QED) is 0.702. The van der Waals surface area contributed by atoms with Crippen molar-refractivity contribution in [3.05, 3.63) is 65.2 Å². The number of rotatable bonds is 5. The SMILES string of the molecule is COC(=O)c1cccc(NC(=O)C[C@@H]2C(=O)NCCN2C(=O)c2ccc(F)cc2F)c1. The number of piperazine rings is 1. The molecular formula is C21H19F2N3O5. The van der Waals surface area contributed by atoms with Crippen LogP contribution in [-0.4, -0.2) is 54.8 Å². The number of nitrogens with zero attached hydrogens (tertiary/aromatic N) is 1. The maximum absolute atomic E-state index is 14.1. The first-order valence-electron chi connectivity index (χ1n) is 9.32. The first-order chi connectivity index (χ1) is 14.8. The van der Waals surface area contributed by atoms with Gasteiger partial charge in [0.15, 0.2) is 0 Å². The van der Waals surface area contributed by atoms with Crippen molar-refractivity contribution in [3.63, 3.8) is 0 Å². The van der Waals surface area contributed by atoms with Crippen molar-refractivity contribution in [1.29, 1.82) is 0 Å². The Morgan fingerprint density at radius 2 is 1.97 bits per heavy atom. The smallest absolute Gasteiger partial charge is 0.337 e. The lowest BCUT2D eigenvalue weighted by atomic mass is 10.1. The van der Waals surface area contributed by atoms with E-state index in [4.69, 9.17) is 0 Å². The molecule has 1 atom stereocenters. The highest BCUT2D eigenvalue weighted by molar-refractivity contribution is 6.01. The van der Waals surface area contributed by atoms with E-state index >= 15 is 0 Å². The zero-order valence-electron chi connectivity index (χ0n) is 16.5. The Balaban J connectivity index is 1.76. The number of ether oxygens (including phenoxy) is 1. The molecule has 3 amide bonds. The van der Waals surface area contributed by atoms with E-state index < -0.39 is 53.4 Å². The minimum absolute atomic E-state index is 0.0527. The number of esters is 1. The van der Waals surface area contributed by atoms with Crippen LogP contribution in [0.15, 0.2) is 42.5 Å². The Kier molecular flexibility index (Phi) is 6.58. The molecule has 1 fully saturated rings. The number of nitrogens with one attached hydrogen (secondary N) is 2. The third-order valence-electron chi connectivity index (χ3n) is 4.70. The van der Waals surface area contributed by atoms with E-state index in [2.05, 4.69) is 15.4 Å². The number of hydrogen-bond acceptors (Lipinski definition) is 5. The highest BCUT2D eigenvalue weighted by Gasteiger charge is 2.36. The summed E-state index contributed by atoms with van der Waals surface area (Å²) < 4.78 is 31.8. The van der Waals surface area contributed by atoms with Crippen molar-refractivity contribution in [3.8, 4) is 0 Å². The normalized spacial score (nSPS) is 15.8. The molecule has 31 heavy (non-hydrogen) atoms. The van der Waals surface area contributed by atoms with Gasteiger partial charge in [-0.25, -0.2) is 13.6 Å². The topological polar surface area (TPSA) is 105 Å². The highest BCUT2D eigenvalue weighted by atomic mass is 19.1. The lowest BCUT2D eigenvalue weighted by Gasteiger charge is -2.34. The largest absolute Gasteiger partial charge is 0.465 e. The van der Waals surface area contributed by atoms with Crippen molar-refractivity contribution < 1.29 is 32.7 Å². The average molecular weight is 431 g/mol. The number of methoxy groups -OCH3 is 1. The summed E-state index contributed by atoms with van der Waals surface area (Å²) >= 11 is 0. The predicted molar refractivity (Wildman–Crippen MR) is 105 cm³/mol. The predicted octanol–water partition coefficient (Wildman–Crippen LogP) is 1.72. The molecule has 2 N–H and O–H groups in total. The minimum Gasteiger partial charge on any atom is -0.465 e. The van der Waals surface area contributed by atoms with Gasteiger partial charge in [0.1, 0.15) is 17.7 Å². The number of halogens is 2. The molecular weight excluding hydrogens is 412 g/mol. The van der Waals surface area contributed by atoms with Crippen LogP contribution in [-0.2, 0) is 14.3 Å². The molecule has 2 aromatic rings. The Morgan fingerprint density at radius 1 is 1.19 bits per heavy atom. The van der Waals surface area contributed by atoms with Gasteiger partial charge in [0, 0.05) is 24.8 Å². The van der Waals surface area contributed by atoms with E-state index in [0.717, 1.165) is 17.0 Å². The third-order valence-corrected chi connectivity index (χ3v) is 4.70. The second kappa shape index (κ2) is 9.33. The fraction of sp³-hybridized carbons (Fsp3) is 0.238. The van der Waals surface area contributed by atoms with Crippen LogP contribution in [0.3, 0.4) is 0 Å². The molecule has 0 bridgehead atoms. The van der Waals surface area contributed by atoms with Gasteiger partial charge in [-0.05, 0) is 30.3 Å². The molecule has 10 heteroatoms. The molecule has 0 aliphatic carbocycles. The molecule has 162 valence electrons. The standard InChI is InChI=1S/C21H19F2N3O5/c1-31-21(30)12-3-2-4-14(9-12)25-18(27)11-17-19(28)24-7-8-26(17)20(29)15-6-5-13(22)10-16(15)23/h2-6,9-10,17H,7-8,11H2,1H3,(H,24,28)(H,25,27)/t17-/m1/s1. The summed E-state index contributed by atoms with van der Waals surface area (Å²) in [6, 6.07) is 7.33. The van der Waals surface area contributed by atoms with E-state index in [0.29, 0.717) is 11.8 Å². The Bertz CT molecular complexity index is 1040. The third kappa shape index (κ3) is 5.03. The van der Waals surface area contributed by atoms with E-state index in [-0.39, 0.29) is 18.7 Å². The van der Waals surface area contributed by atoms with Gasteiger partial charge < -0.3 is 20.3 Å². The van der Waals surface area contributed by atoms with Gasteiger partial charge in [0.25, 0.3) is 5.91 Å². The van der Waals surface area contributed by atoms with Crippen molar-refractivity contribution in [1.82, 2.24) is 10.2 Å². The van der Waals surface area contributed by atoms with E-state index in [9.17, 15) is 28.0 Å². The fourth-order valence-electron chi connectivity index (χ4n) is 3.21. The highest BCUT2D eigenvalue weighted by Crippen LogP contribution is 2.19. The van der Waals surface area contributed by atoms with Crippen LogP contribution in [0.4, 0.5) is 14.5 Å². The number of amides is 3. The second-order valence-electron chi connectivity index (χ2n) is 6.75. The molecule has 0 unspecified atom stereocenters. The van der Waals surface area contributed by atoms with Crippen LogP contribution in [0.5, 0.6) is 0 Å². The number of carbonyl (C=O) groups is 4. The van der Waals surface area contributed by atoms with Crippen molar-refractivity contribution >= 4 is 29.4 Å². The summed E-state index contributed by atoms with van der Waals surface area (Å²) in [6.45, 7) is 0.184. The molecule has 0 radical (unpaired) electrons. The summed E-state index contributed by atoms with van der Waals surface area (Å²) in [5, 5.41) is 5.12. The maximum Gasteiger partial charge on any atom is 0.337 e. The fourth-order valence-corrected chi connectivity index (χ4v) is 3.21. The van der Waals surface area contributed by atoms with E-state index in [1.54, 1.807) is 12.1 Å². The van der Waals surface area contributed by atoms with Gasteiger partial charge >= 0.3 is 5.97 Å². The van der Waals surface area contributed by atoms with Gasteiger partial charge in [0.05, 0.1) is 24.7 Å². The number of carbonyl (C=O) groups excluding carboxylic acids is 4. The van der Waals surface area contributed by atoms with Crippen LogP contribution in [0.1, 0.15) is 27.1 Å². The first-order valence-corrected chi connectivity index (χ1v) is 9.32. The summed E-state index contributed by atoms with van der Waals surface area (Å²) in [5.41, 5.74) is 0.123. The first kappa shape index (κ1) is 21.9. The maximum atomic E-state index is 14.1. The monoisotopic (exact) mass is 431 g/mol. The van der Waals surface area contributed by atoms with Crippen molar-refractivity contribution in [2.75, 3.05) is 25.5 Å². The Hall–Kier alpha value is -3.82. The molecule has 1 saturated heterocycles. The summed E-state index contributed by atoms with van der Waals surface area (Å²) in [7, 11) is 1.23. The lowest BCUT2D eigenvalue weighted by Crippen LogP contribution is -2.58. The zero-order valence-corrected chi connectivity index (χ0v) is 16.5. The summed E-state index contributed by atoms with van der Waals surface area (Å²) in [4.78, 5) is 50.4. The van der Waals surface area contributed by atoms with Crippen molar-refractivity contribution in [2.45, 2.75) is 12.5 Å². The molecule has 2 aromatic carbocycles. The lowest BCUT2D eigenvalue weighted by molar-refractivity contribution is -0.131. The Labute approximate surface area is 176 Å². The van der Waals surface area contributed by atoms with E-state index in [1.165, 1.54) is 19.2 Å². The zero-order chi connectivity index (χ0) is 22.5. The summed E-state index contributed by atoms with van der Waals surface area (Å²) in [5.74, 6) is -4.46. The average Bonchev–Trinajstić information content (AvgIpc) is 2.74. The molecule has 1 aliphatic heterocycles. The molecule has 0 aromatic heterocycles. The van der Waals surface area contributed by atoms with Gasteiger partial charge in [-0.15, -0.1) is 0 Å². The second-order valence-corrected chi connectivity index (χ2v) is 6.75. The number of benzene rings is 2. The van der Waals surface area contributed by atoms with Crippen LogP contribution < -0.4 is 10.6 Å². The molecule has 8 nitrogen and oxygen atoms in total. The van der Waals surface area contributed by atoms with Gasteiger partial charge in [0.2, 0.25) is 11.8 Å². The number of hydrogen-bond donors (Lipinski definition) is 2. The molecule has 0 spiro atoms. The van der Waals surface area contributed by atoms with Gasteiger partial charge in [-0.1, -0.05) is 6.07 Å².